The smallest absolute Gasteiger partial charge is 0.334 e. The van der Waals surface area contributed by atoms with Gasteiger partial charge in [0.1, 0.15) is 12.7 Å². The van der Waals surface area contributed by atoms with Crippen molar-refractivity contribution in [2.75, 3.05) is 0 Å². The van der Waals surface area contributed by atoms with E-state index in [1.807, 2.05) is 30.3 Å². The lowest BCUT2D eigenvalue weighted by molar-refractivity contribution is -0.234. The molecule has 1 aromatic rings. The summed E-state index contributed by atoms with van der Waals surface area (Å²) in [6, 6.07) is 9.68. The van der Waals surface area contributed by atoms with Crippen molar-refractivity contribution < 1.29 is 29.3 Å². The number of esters is 2. The number of benzene rings is 1. The largest absolute Gasteiger partial charge is 0.458 e. The highest BCUT2D eigenvalue weighted by atomic mass is 16.5. The van der Waals surface area contributed by atoms with Gasteiger partial charge in [-0.05, 0) is 116 Å². The fourth-order valence-corrected chi connectivity index (χ4v) is 10.6. The van der Waals surface area contributed by atoms with Crippen LogP contribution in [0.25, 0.3) is 0 Å². The van der Waals surface area contributed by atoms with Crippen LogP contribution in [0.3, 0.4) is 0 Å². The van der Waals surface area contributed by atoms with E-state index in [4.69, 9.17) is 9.47 Å². The predicted molar refractivity (Wildman–Crippen MR) is 171 cm³/mol. The van der Waals surface area contributed by atoms with Crippen molar-refractivity contribution in [3.63, 3.8) is 0 Å². The number of carbonyl (C=O) groups excluding carboxylic acids is 2. The number of hydrogen-bond donors (Lipinski definition) is 2. The molecular formula is C38H54O6. The number of aliphatic hydroxyl groups is 2. The van der Waals surface area contributed by atoms with Crippen LogP contribution in [0.1, 0.15) is 105 Å². The van der Waals surface area contributed by atoms with Crippen LogP contribution < -0.4 is 0 Å². The summed E-state index contributed by atoms with van der Waals surface area (Å²) >= 11 is 0. The highest BCUT2D eigenvalue weighted by molar-refractivity contribution is 5.90. The second kappa shape index (κ2) is 12.4. The lowest BCUT2D eigenvalue weighted by Gasteiger charge is -2.69. The molecule has 0 unspecified atom stereocenters. The van der Waals surface area contributed by atoms with Crippen LogP contribution in [0.5, 0.6) is 0 Å². The molecule has 0 aromatic heterocycles. The van der Waals surface area contributed by atoms with E-state index in [9.17, 15) is 19.8 Å². The summed E-state index contributed by atoms with van der Waals surface area (Å²) in [6.07, 6.45) is 6.68. The summed E-state index contributed by atoms with van der Waals surface area (Å²) in [7, 11) is 0. The Labute approximate surface area is 264 Å². The lowest BCUT2D eigenvalue weighted by atomic mass is 9.36. The molecule has 4 aliphatic carbocycles. The van der Waals surface area contributed by atoms with Gasteiger partial charge in [0.25, 0.3) is 0 Å². The Balaban J connectivity index is 1.58. The average molecular weight is 607 g/mol. The first-order valence-electron chi connectivity index (χ1n) is 16.8. The van der Waals surface area contributed by atoms with Gasteiger partial charge in [-0.3, -0.25) is 4.79 Å². The second-order valence-corrected chi connectivity index (χ2v) is 15.4. The molecule has 6 heteroatoms. The Hall–Kier alpha value is -2.44. The molecule has 4 saturated carbocycles. The third-order valence-electron chi connectivity index (χ3n) is 12.8. The maximum atomic E-state index is 14.0. The van der Waals surface area contributed by atoms with Gasteiger partial charge in [0.15, 0.2) is 0 Å². The maximum absolute atomic E-state index is 14.0. The number of allylic oxidation sites excluding steroid dienone is 2. The summed E-state index contributed by atoms with van der Waals surface area (Å²) in [5, 5.41) is 23.0. The number of ether oxygens (including phenoxy) is 2. The molecule has 0 radical (unpaired) electrons. The normalized spacial score (nSPS) is 40.6. The summed E-state index contributed by atoms with van der Waals surface area (Å²) in [4.78, 5) is 26.6. The third-order valence-corrected chi connectivity index (χ3v) is 12.8. The van der Waals surface area contributed by atoms with Gasteiger partial charge in [0.2, 0.25) is 0 Å². The number of rotatable bonds is 7. The summed E-state index contributed by atoms with van der Waals surface area (Å²) < 4.78 is 12.0. The van der Waals surface area contributed by atoms with E-state index in [-0.39, 0.29) is 58.6 Å². The molecule has 0 spiro atoms. The highest BCUT2D eigenvalue weighted by Gasteiger charge is 2.70. The van der Waals surface area contributed by atoms with Gasteiger partial charge in [-0.15, -0.1) is 0 Å². The van der Waals surface area contributed by atoms with Gasteiger partial charge >= 0.3 is 11.9 Å². The van der Waals surface area contributed by atoms with E-state index in [0.717, 1.165) is 36.8 Å². The van der Waals surface area contributed by atoms with Crippen LogP contribution in [0.2, 0.25) is 0 Å². The molecule has 0 aliphatic heterocycles. The van der Waals surface area contributed by atoms with Crippen molar-refractivity contribution in [1.82, 2.24) is 0 Å². The van der Waals surface area contributed by atoms with Crippen LogP contribution in [-0.4, -0.2) is 40.5 Å². The Kier molecular flexibility index (Phi) is 9.28. The monoisotopic (exact) mass is 606 g/mol. The predicted octanol–water partition coefficient (Wildman–Crippen LogP) is 7.32. The van der Waals surface area contributed by atoms with E-state index in [0.29, 0.717) is 37.2 Å². The van der Waals surface area contributed by atoms with Crippen molar-refractivity contribution in [1.29, 1.82) is 0 Å². The van der Waals surface area contributed by atoms with Crippen molar-refractivity contribution in [3.8, 4) is 0 Å². The maximum Gasteiger partial charge on any atom is 0.334 e. The molecule has 4 fully saturated rings. The molecule has 10 atom stereocenters. The Morgan fingerprint density at radius 1 is 0.977 bits per heavy atom. The molecule has 4 aliphatic rings. The second-order valence-electron chi connectivity index (χ2n) is 15.4. The van der Waals surface area contributed by atoms with Gasteiger partial charge in [0.05, 0.1) is 12.2 Å². The van der Waals surface area contributed by atoms with E-state index in [2.05, 4.69) is 47.6 Å². The number of carbonyl (C=O) groups is 2. The van der Waals surface area contributed by atoms with Crippen LogP contribution >= 0.6 is 0 Å². The highest BCUT2D eigenvalue weighted by Crippen LogP contribution is 2.74. The van der Waals surface area contributed by atoms with Gasteiger partial charge < -0.3 is 19.7 Å². The van der Waals surface area contributed by atoms with Gasteiger partial charge in [-0.1, -0.05) is 69.7 Å². The third kappa shape index (κ3) is 5.59. The van der Waals surface area contributed by atoms with Gasteiger partial charge in [0, 0.05) is 12.5 Å². The quantitative estimate of drug-likeness (QED) is 0.192. The first kappa shape index (κ1) is 32.9. The number of hydrogen-bond acceptors (Lipinski definition) is 6. The minimum Gasteiger partial charge on any atom is -0.458 e. The van der Waals surface area contributed by atoms with E-state index < -0.39 is 12.2 Å². The fourth-order valence-electron chi connectivity index (χ4n) is 10.6. The van der Waals surface area contributed by atoms with E-state index in [1.165, 1.54) is 12.5 Å². The van der Waals surface area contributed by atoms with Crippen molar-refractivity contribution in [3.05, 3.63) is 58.7 Å². The van der Waals surface area contributed by atoms with Crippen molar-refractivity contribution >= 4 is 11.9 Å². The zero-order chi connectivity index (χ0) is 32.0. The van der Waals surface area contributed by atoms with Crippen LogP contribution in [-0.2, 0) is 25.7 Å². The SMILES string of the molecule is CC(=O)O[C@H]1C[C@@]2(C)[C@@H](C[C@@H](O)[C@H]3[C@@]4(C)CC[C@@H](O)[C@@H](C)[C@@H]4CC[C@@]32C)/C1=C(\CCC=C(C)C)C(=O)OCc1ccccc1. The first-order valence-corrected chi connectivity index (χ1v) is 16.8. The Morgan fingerprint density at radius 2 is 1.68 bits per heavy atom. The van der Waals surface area contributed by atoms with Gasteiger partial charge in [-0.25, -0.2) is 4.79 Å². The molecule has 1 aromatic carbocycles. The van der Waals surface area contributed by atoms with Crippen molar-refractivity contribution in [2.24, 2.45) is 39.9 Å². The summed E-state index contributed by atoms with van der Waals surface area (Å²) in [5.41, 5.74) is 2.94. The molecule has 44 heavy (non-hydrogen) atoms. The molecule has 0 amide bonds. The Morgan fingerprint density at radius 3 is 2.34 bits per heavy atom. The lowest BCUT2D eigenvalue weighted by Crippen LogP contribution is -2.65. The standard InChI is InChI=1S/C38H54O6/c1-23(2)12-11-15-27(35(42)43-22-26-13-9-8-10-14-26)33-29-20-31(41)34-36(5)18-17-30(40)24(3)28(36)16-19-37(34,6)38(29,7)21-32(33)44-25(4)39/h8-10,12-14,24,28-32,34,40-41H,11,15-22H2,1-7H3/b33-27-/t24-,28-,29-,30+,31+,32-,34-,36-,37-,38-/m0/s1. The van der Waals surface area contributed by atoms with Crippen LogP contribution in [0, 0.1) is 39.9 Å². The molecule has 0 bridgehead atoms. The molecule has 242 valence electrons. The number of fused-ring (bicyclic) bond motifs is 5. The zero-order valence-corrected chi connectivity index (χ0v) is 27.9. The molecule has 6 nitrogen and oxygen atoms in total. The van der Waals surface area contributed by atoms with Crippen molar-refractivity contribution in [2.45, 2.75) is 125 Å². The molecule has 0 heterocycles. The van der Waals surface area contributed by atoms with E-state index in [1.54, 1.807) is 0 Å². The van der Waals surface area contributed by atoms with E-state index >= 15 is 0 Å². The summed E-state index contributed by atoms with van der Waals surface area (Å²) in [5.74, 6) is -0.219. The molecular weight excluding hydrogens is 552 g/mol. The number of aliphatic hydroxyl groups excluding tert-OH is 2. The van der Waals surface area contributed by atoms with Gasteiger partial charge in [-0.2, -0.15) is 0 Å². The zero-order valence-electron chi connectivity index (χ0n) is 27.9. The summed E-state index contributed by atoms with van der Waals surface area (Å²) in [6.45, 7) is 14.9. The topological polar surface area (TPSA) is 93.1 Å². The molecule has 0 saturated heterocycles. The minimum absolute atomic E-state index is 0.0569. The Bertz CT molecular complexity index is 1300. The minimum atomic E-state index is -0.557. The van der Waals surface area contributed by atoms with Crippen LogP contribution in [0.15, 0.2) is 53.1 Å². The van der Waals surface area contributed by atoms with Crippen LogP contribution in [0.4, 0.5) is 0 Å². The molecule has 5 rings (SSSR count). The average Bonchev–Trinajstić information content (AvgIpc) is 3.23. The molecule has 2 N–H and O–H groups in total. The first-order chi connectivity index (χ1) is 20.7. The fraction of sp³-hybridized carbons (Fsp3) is 0.684.